The van der Waals surface area contributed by atoms with Crippen LogP contribution in [0.2, 0.25) is 0 Å². The summed E-state index contributed by atoms with van der Waals surface area (Å²) in [6, 6.07) is -0.185. The van der Waals surface area contributed by atoms with Gasteiger partial charge in [0.15, 0.2) is 0 Å². The maximum atomic E-state index is 11.8. The zero-order valence-corrected chi connectivity index (χ0v) is 13.5. The van der Waals surface area contributed by atoms with Crippen molar-refractivity contribution in [2.45, 2.75) is 51.9 Å². The third-order valence-corrected chi connectivity index (χ3v) is 3.09. The van der Waals surface area contributed by atoms with E-state index in [-0.39, 0.29) is 18.2 Å². The van der Waals surface area contributed by atoms with Gasteiger partial charge in [0.25, 0.3) is 0 Å². The Hall–Kier alpha value is -1.50. The lowest BCUT2D eigenvalue weighted by molar-refractivity contribution is -0.00288. The van der Waals surface area contributed by atoms with E-state index in [0.717, 1.165) is 0 Å². The first-order valence-corrected chi connectivity index (χ1v) is 7.20. The number of rotatable bonds is 3. The fourth-order valence-corrected chi connectivity index (χ4v) is 2.16. The predicted octanol–water partition coefficient (Wildman–Crippen LogP) is 1.76. The van der Waals surface area contributed by atoms with Gasteiger partial charge in [0.1, 0.15) is 5.60 Å². The molecule has 2 atom stereocenters. The summed E-state index contributed by atoms with van der Waals surface area (Å²) < 4.78 is 15.6. The third-order valence-electron chi connectivity index (χ3n) is 3.09. The molecule has 7 heteroatoms. The molecule has 1 fully saturated rings. The van der Waals surface area contributed by atoms with Crippen LogP contribution in [0.25, 0.3) is 0 Å². The van der Waals surface area contributed by atoms with E-state index >= 15 is 0 Å². The third kappa shape index (κ3) is 5.79. The molecule has 1 aliphatic rings. The van der Waals surface area contributed by atoms with Crippen LogP contribution in [-0.2, 0) is 14.2 Å². The first kappa shape index (κ1) is 17.6. The van der Waals surface area contributed by atoms with E-state index in [9.17, 15) is 9.59 Å². The zero-order valence-electron chi connectivity index (χ0n) is 13.5. The van der Waals surface area contributed by atoms with Gasteiger partial charge in [-0.15, -0.1) is 0 Å². The van der Waals surface area contributed by atoms with E-state index < -0.39 is 11.7 Å². The molecule has 1 heterocycles. The molecule has 1 rings (SSSR count). The molecule has 0 aromatic carbocycles. The lowest BCUT2D eigenvalue weighted by atomic mass is 10.0. The summed E-state index contributed by atoms with van der Waals surface area (Å²) in [6.45, 7) is 8.43. The Morgan fingerprint density at radius 1 is 1.33 bits per heavy atom. The van der Waals surface area contributed by atoms with E-state index in [2.05, 4.69) is 5.32 Å². The fourth-order valence-electron chi connectivity index (χ4n) is 2.16. The van der Waals surface area contributed by atoms with Crippen molar-refractivity contribution in [1.29, 1.82) is 0 Å². The number of piperidine rings is 1. The first-order valence-electron chi connectivity index (χ1n) is 7.20. The summed E-state index contributed by atoms with van der Waals surface area (Å²) in [4.78, 5) is 25.1. The van der Waals surface area contributed by atoms with Gasteiger partial charge in [0.2, 0.25) is 0 Å². The molecular formula is C14H26N2O5. The number of nitrogens with one attached hydrogen (secondary N) is 1. The molecule has 0 saturated carbocycles. The molecular weight excluding hydrogens is 276 g/mol. The van der Waals surface area contributed by atoms with E-state index in [1.165, 1.54) is 0 Å². The summed E-state index contributed by atoms with van der Waals surface area (Å²) in [5, 5.41) is 2.80. The van der Waals surface area contributed by atoms with Crippen LogP contribution in [0.3, 0.4) is 0 Å². The number of hydrogen-bond acceptors (Lipinski definition) is 5. The maximum Gasteiger partial charge on any atom is 0.409 e. The topological polar surface area (TPSA) is 77.1 Å². The number of carbonyl (C=O) groups is 2. The summed E-state index contributed by atoms with van der Waals surface area (Å²) in [7, 11) is 1.56. The van der Waals surface area contributed by atoms with E-state index in [0.29, 0.717) is 26.1 Å². The maximum absolute atomic E-state index is 11.8. The molecule has 7 nitrogen and oxygen atoms in total. The summed E-state index contributed by atoms with van der Waals surface area (Å²) in [5.41, 5.74) is -0.543. The Bertz CT molecular complexity index is 367. The van der Waals surface area contributed by atoms with Crippen LogP contribution in [0, 0.1) is 0 Å². The number of carbonyl (C=O) groups excluding carboxylic acids is 2. The Labute approximate surface area is 125 Å². The Morgan fingerprint density at radius 3 is 2.52 bits per heavy atom. The number of nitrogens with zero attached hydrogens (tertiary/aromatic N) is 1. The van der Waals surface area contributed by atoms with E-state index in [1.54, 1.807) is 18.9 Å². The quantitative estimate of drug-likeness (QED) is 0.859. The first-order chi connectivity index (χ1) is 9.76. The number of hydrogen-bond donors (Lipinski definition) is 1. The second-order valence-corrected chi connectivity index (χ2v) is 5.96. The molecule has 0 aromatic heterocycles. The Kier molecular flexibility index (Phi) is 6.26. The largest absolute Gasteiger partial charge is 0.450 e. The highest BCUT2D eigenvalue weighted by atomic mass is 16.6. The molecule has 122 valence electrons. The molecule has 0 radical (unpaired) electrons. The molecule has 0 bridgehead atoms. The SMILES string of the molecule is CCOC(=O)N1CC[C@H](NC(=O)OC(C)(C)C)[C@H](OC)C1. The van der Waals surface area contributed by atoms with Crippen molar-refractivity contribution in [2.24, 2.45) is 0 Å². The van der Waals surface area contributed by atoms with Gasteiger partial charge in [0, 0.05) is 13.7 Å². The van der Waals surface area contributed by atoms with Gasteiger partial charge < -0.3 is 24.4 Å². The second kappa shape index (κ2) is 7.49. The smallest absolute Gasteiger partial charge is 0.409 e. The number of alkyl carbamates (subject to hydrolysis) is 1. The van der Waals surface area contributed by atoms with Crippen molar-refractivity contribution < 1.29 is 23.8 Å². The number of amides is 2. The number of likely N-dealkylation sites (tertiary alicyclic amines) is 1. The zero-order chi connectivity index (χ0) is 16.0. The van der Waals surface area contributed by atoms with Gasteiger partial charge in [-0.2, -0.15) is 0 Å². The number of methoxy groups -OCH3 is 1. The van der Waals surface area contributed by atoms with Crippen LogP contribution < -0.4 is 5.32 Å². The molecule has 0 spiro atoms. The van der Waals surface area contributed by atoms with Crippen LogP contribution in [0.1, 0.15) is 34.1 Å². The highest BCUT2D eigenvalue weighted by molar-refractivity contribution is 5.69. The standard InChI is InChI=1S/C14H26N2O5/c1-6-20-13(18)16-8-7-10(11(9-16)19-5)15-12(17)21-14(2,3)4/h10-11H,6-9H2,1-5H3,(H,15,17)/t10-,11+/m0/s1. The molecule has 1 N–H and O–H groups in total. The van der Waals surface area contributed by atoms with Gasteiger partial charge in [-0.3, -0.25) is 0 Å². The van der Waals surface area contributed by atoms with Gasteiger partial charge in [0.05, 0.1) is 25.3 Å². The molecule has 2 amide bonds. The van der Waals surface area contributed by atoms with Crippen LogP contribution in [-0.4, -0.2) is 61.6 Å². The molecule has 1 aliphatic heterocycles. The molecule has 1 saturated heterocycles. The average molecular weight is 302 g/mol. The lowest BCUT2D eigenvalue weighted by Gasteiger charge is -2.37. The van der Waals surface area contributed by atoms with Crippen molar-refractivity contribution in [2.75, 3.05) is 26.8 Å². The highest BCUT2D eigenvalue weighted by Gasteiger charge is 2.34. The summed E-state index contributed by atoms with van der Waals surface area (Å²) in [6.07, 6.45) is -0.513. The monoisotopic (exact) mass is 302 g/mol. The van der Waals surface area contributed by atoms with Gasteiger partial charge >= 0.3 is 12.2 Å². The molecule has 0 aromatic rings. The fraction of sp³-hybridized carbons (Fsp3) is 0.857. The second-order valence-electron chi connectivity index (χ2n) is 5.96. The van der Waals surface area contributed by atoms with E-state index in [1.807, 2.05) is 20.8 Å². The molecule has 0 unspecified atom stereocenters. The van der Waals surface area contributed by atoms with Crippen molar-refractivity contribution in [3.63, 3.8) is 0 Å². The van der Waals surface area contributed by atoms with Crippen molar-refractivity contribution in [3.8, 4) is 0 Å². The van der Waals surface area contributed by atoms with Crippen molar-refractivity contribution >= 4 is 12.2 Å². The van der Waals surface area contributed by atoms with Gasteiger partial charge in [-0.05, 0) is 34.1 Å². The minimum Gasteiger partial charge on any atom is -0.450 e. The van der Waals surface area contributed by atoms with Crippen LogP contribution in [0.5, 0.6) is 0 Å². The molecule has 0 aliphatic carbocycles. The van der Waals surface area contributed by atoms with Crippen LogP contribution in [0.15, 0.2) is 0 Å². The molecule has 21 heavy (non-hydrogen) atoms. The summed E-state index contributed by atoms with van der Waals surface area (Å²) >= 11 is 0. The minimum absolute atomic E-state index is 0.185. The Morgan fingerprint density at radius 2 is 2.00 bits per heavy atom. The number of ether oxygens (including phenoxy) is 3. The normalized spacial score (nSPS) is 22.6. The van der Waals surface area contributed by atoms with Gasteiger partial charge in [-0.1, -0.05) is 0 Å². The minimum atomic E-state index is -0.543. The lowest BCUT2D eigenvalue weighted by Crippen LogP contribution is -2.56. The van der Waals surface area contributed by atoms with Crippen molar-refractivity contribution in [1.82, 2.24) is 10.2 Å². The average Bonchev–Trinajstić information content (AvgIpc) is 2.37. The van der Waals surface area contributed by atoms with Crippen LogP contribution >= 0.6 is 0 Å². The predicted molar refractivity (Wildman–Crippen MR) is 77.2 cm³/mol. The van der Waals surface area contributed by atoms with E-state index in [4.69, 9.17) is 14.2 Å². The highest BCUT2D eigenvalue weighted by Crippen LogP contribution is 2.16. The van der Waals surface area contributed by atoms with Gasteiger partial charge in [-0.25, -0.2) is 9.59 Å². The van der Waals surface area contributed by atoms with Crippen LogP contribution in [0.4, 0.5) is 9.59 Å². The van der Waals surface area contributed by atoms with Crippen molar-refractivity contribution in [3.05, 3.63) is 0 Å². The summed E-state index contributed by atoms with van der Waals surface area (Å²) in [5.74, 6) is 0. The Balaban J connectivity index is 2.54.